The predicted octanol–water partition coefficient (Wildman–Crippen LogP) is 5.28. The molecular formula is C28H26FN3O2S. The molecule has 1 amide bonds. The van der Waals surface area contributed by atoms with Crippen LogP contribution in [0.4, 0.5) is 4.39 Å². The number of hydrogen-bond acceptors (Lipinski definition) is 4. The first kappa shape index (κ1) is 23.3. The molecule has 1 heterocycles. The molecule has 1 aliphatic carbocycles. The summed E-state index contributed by atoms with van der Waals surface area (Å²) in [5.74, 6) is -0.510. The lowest BCUT2D eigenvalue weighted by molar-refractivity contribution is -0.120. The second kappa shape index (κ2) is 10.4. The molecule has 4 aromatic rings. The van der Waals surface area contributed by atoms with Gasteiger partial charge in [-0.25, -0.2) is 9.37 Å². The van der Waals surface area contributed by atoms with E-state index in [1.54, 1.807) is 22.8 Å². The van der Waals surface area contributed by atoms with Gasteiger partial charge in [0.1, 0.15) is 11.1 Å². The summed E-state index contributed by atoms with van der Waals surface area (Å²) in [5, 5.41) is 3.45. The van der Waals surface area contributed by atoms with E-state index in [2.05, 4.69) is 17.4 Å². The third-order valence-electron chi connectivity index (χ3n) is 6.07. The molecule has 1 aromatic heterocycles. The number of fused-ring (bicyclic) bond motifs is 1. The Morgan fingerprint density at radius 2 is 1.74 bits per heavy atom. The number of amides is 1. The maximum Gasteiger partial charge on any atom is 0.262 e. The average molecular weight is 488 g/mol. The van der Waals surface area contributed by atoms with Crippen LogP contribution in [0.15, 0.2) is 88.8 Å². The minimum atomic E-state index is -0.648. The fourth-order valence-electron chi connectivity index (χ4n) is 4.04. The third-order valence-corrected chi connectivity index (χ3v) is 7.32. The molecular weight excluding hydrogens is 461 g/mol. The van der Waals surface area contributed by atoms with Gasteiger partial charge in [0.05, 0.1) is 10.9 Å². The van der Waals surface area contributed by atoms with Crippen molar-refractivity contribution in [3.05, 3.63) is 106 Å². The summed E-state index contributed by atoms with van der Waals surface area (Å²) in [6, 6.07) is 23.6. The van der Waals surface area contributed by atoms with Crippen molar-refractivity contribution in [1.82, 2.24) is 14.9 Å². The van der Waals surface area contributed by atoms with E-state index < -0.39 is 5.25 Å². The van der Waals surface area contributed by atoms with Crippen molar-refractivity contribution >= 4 is 28.6 Å². The standard InChI is InChI=1S/C28H26FN3O2S/c29-21-14-12-20(13-15-21)25(26(33)30-22-16-17-22)35-28-31-24-11-5-4-10-23(24)27(34)32(28)18-6-9-19-7-2-1-3-8-19/h1-5,7-8,10-15,22,25H,6,9,16-18H2,(H,30,33). The molecule has 3 aromatic carbocycles. The number of rotatable bonds is 9. The highest BCUT2D eigenvalue weighted by Crippen LogP contribution is 2.36. The number of benzene rings is 3. The molecule has 0 radical (unpaired) electrons. The van der Waals surface area contributed by atoms with Gasteiger partial charge in [-0.1, -0.05) is 66.4 Å². The molecule has 1 N–H and O–H groups in total. The summed E-state index contributed by atoms with van der Waals surface area (Å²) in [5.41, 5.74) is 2.36. The van der Waals surface area contributed by atoms with Crippen molar-refractivity contribution in [3.8, 4) is 0 Å². The summed E-state index contributed by atoms with van der Waals surface area (Å²) in [7, 11) is 0. The average Bonchev–Trinajstić information content (AvgIpc) is 3.69. The number of hydrogen-bond donors (Lipinski definition) is 1. The van der Waals surface area contributed by atoms with Crippen molar-refractivity contribution in [2.24, 2.45) is 0 Å². The lowest BCUT2D eigenvalue weighted by Gasteiger charge is -2.19. The van der Waals surface area contributed by atoms with Crippen LogP contribution < -0.4 is 10.9 Å². The quantitative estimate of drug-likeness (QED) is 0.258. The molecule has 7 heteroatoms. The van der Waals surface area contributed by atoms with Crippen LogP contribution in [0.2, 0.25) is 0 Å². The molecule has 1 atom stereocenters. The lowest BCUT2D eigenvalue weighted by atomic mass is 10.1. The Hall–Kier alpha value is -3.45. The zero-order valence-electron chi connectivity index (χ0n) is 19.2. The Labute approximate surface area is 207 Å². The maximum absolute atomic E-state index is 13.6. The van der Waals surface area contributed by atoms with E-state index in [1.807, 2.05) is 36.4 Å². The normalized spacial score (nSPS) is 14.1. The number of para-hydroxylation sites is 1. The van der Waals surface area contributed by atoms with Gasteiger partial charge >= 0.3 is 0 Å². The molecule has 1 aliphatic rings. The van der Waals surface area contributed by atoms with Crippen LogP contribution in [0.25, 0.3) is 10.9 Å². The topological polar surface area (TPSA) is 64.0 Å². The Kier molecular flexibility index (Phi) is 6.95. The summed E-state index contributed by atoms with van der Waals surface area (Å²) in [4.78, 5) is 31.5. The van der Waals surface area contributed by atoms with E-state index >= 15 is 0 Å². The number of halogens is 1. The highest BCUT2D eigenvalue weighted by Gasteiger charge is 2.30. The number of nitrogens with one attached hydrogen (secondary N) is 1. The van der Waals surface area contributed by atoms with Crippen LogP contribution in [0, 0.1) is 5.82 Å². The van der Waals surface area contributed by atoms with Crippen LogP contribution in [0.1, 0.15) is 35.6 Å². The van der Waals surface area contributed by atoms with Crippen LogP contribution in [0.3, 0.4) is 0 Å². The van der Waals surface area contributed by atoms with E-state index in [4.69, 9.17) is 4.98 Å². The number of thioether (sulfide) groups is 1. The maximum atomic E-state index is 13.6. The minimum absolute atomic E-state index is 0.119. The highest BCUT2D eigenvalue weighted by atomic mass is 32.2. The first-order chi connectivity index (χ1) is 17.1. The SMILES string of the molecule is O=C(NC1CC1)C(Sc1nc2ccccc2c(=O)n1CCCc1ccccc1)c1ccc(F)cc1. The fraction of sp³-hybridized carbons (Fsp3) is 0.250. The van der Waals surface area contributed by atoms with Gasteiger partial charge in [0, 0.05) is 12.6 Å². The zero-order chi connectivity index (χ0) is 24.2. The highest BCUT2D eigenvalue weighted by molar-refractivity contribution is 8.00. The molecule has 35 heavy (non-hydrogen) atoms. The molecule has 5 rings (SSSR count). The van der Waals surface area contributed by atoms with Gasteiger partial charge in [0.25, 0.3) is 5.56 Å². The molecule has 1 fully saturated rings. The molecule has 0 spiro atoms. The Morgan fingerprint density at radius 3 is 2.49 bits per heavy atom. The van der Waals surface area contributed by atoms with Crippen molar-refractivity contribution in [2.75, 3.05) is 0 Å². The monoisotopic (exact) mass is 487 g/mol. The van der Waals surface area contributed by atoms with E-state index in [-0.39, 0.29) is 23.3 Å². The van der Waals surface area contributed by atoms with Crippen molar-refractivity contribution in [3.63, 3.8) is 0 Å². The first-order valence-corrected chi connectivity index (χ1v) is 12.7. The van der Waals surface area contributed by atoms with Gasteiger partial charge in [0.15, 0.2) is 5.16 Å². The second-order valence-corrected chi connectivity index (χ2v) is 9.86. The molecule has 1 unspecified atom stereocenters. The van der Waals surface area contributed by atoms with Crippen LogP contribution in [-0.2, 0) is 17.8 Å². The molecule has 5 nitrogen and oxygen atoms in total. The van der Waals surface area contributed by atoms with Crippen molar-refractivity contribution in [1.29, 1.82) is 0 Å². The molecule has 0 aliphatic heterocycles. The number of carbonyl (C=O) groups is 1. The fourth-order valence-corrected chi connectivity index (χ4v) is 5.17. The van der Waals surface area contributed by atoms with Crippen LogP contribution in [0.5, 0.6) is 0 Å². The van der Waals surface area contributed by atoms with Gasteiger partial charge in [-0.05, 0) is 61.1 Å². The van der Waals surface area contributed by atoms with Gasteiger partial charge in [-0.3, -0.25) is 14.2 Å². The van der Waals surface area contributed by atoms with Crippen LogP contribution in [-0.4, -0.2) is 21.5 Å². The molecule has 0 saturated heterocycles. The van der Waals surface area contributed by atoms with Gasteiger partial charge in [-0.15, -0.1) is 0 Å². The molecule has 178 valence electrons. The Morgan fingerprint density at radius 1 is 1.03 bits per heavy atom. The first-order valence-electron chi connectivity index (χ1n) is 11.8. The van der Waals surface area contributed by atoms with Gasteiger partial charge < -0.3 is 5.32 Å². The lowest BCUT2D eigenvalue weighted by Crippen LogP contribution is -2.31. The number of aryl methyl sites for hydroxylation is 1. The number of nitrogens with zero attached hydrogens (tertiary/aromatic N) is 2. The van der Waals surface area contributed by atoms with Gasteiger partial charge in [-0.2, -0.15) is 0 Å². The van der Waals surface area contributed by atoms with E-state index in [1.165, 1.54) is 29.5 Å². The largest absolute Gasteiger partial charge is 0.352 e. The number of aromatic nitrogens is 2. The smallest absolute Gasteiger partial charge is 0.262 e. The van der Waals surface area contributed by atoms with Crippen molar-refractivity contribution < 1.29 is 9.18 Å². The van der Waals surface area contributed by atoms with E-state index in [9.17, 15) is 14.0 Å². The summed E-state index contributed by atoms with van der Waals surface area (Å²) in [6.07, 6.45) is 3.51. The third kappa shape index (κ3) is 5.62. The van der Waals surface area contributed by atoms with E-state index in [0.29, 0.717) is 28.2 Å². The molecule has 0 bridgehead atoms. The van der Waals surface area contributed by atoms with Crippen LogP contribution >= 0.6 is 11.8 Å². The van der Waals surface area contributed by atoms with Gasteiger partial charge in [0.2, 0.25) is 5.91 Å². The Bertz CT molecular complexity index is 1390. The van der Waals surface area contributed by atoms with Crippen molar-refractivity contribution in [2.45, 2.75) is 48.7 Å². The summed E-state index contributed by atoms with van der Waals surface area (Å²) in [6.45, 7) is 0.480. The number of carbonyl (C=O) groups excluding carboxylic acids is 1. The Balaban J connectivity index is 1.49. The second-order valence-electron chi connectivity index (χ2n) is 8.79. The molecule has 1 saturated carbocycles. The van der Waals surface area contributed by atoms with E-state index in [0.717, 1.165) is 25.7 Å². The summed E-state index contributed by atoms with van der Waals surface area (Å²) >= 11 is 1.24. The summed E-state index contributed by atoms with van der Waals surface area (Å²) < 4.78 is 15.3. The minimum Gasteiger partial charge on any atom is -0.352 e. The zero-order valence-corrected chi connectivity index (χ0v) is 20.0. The predicted molar refractivity (Wildman–Crippen MR) is 137 cm³/mol.